The highest BCUT2D eigenvalue weighted by Gasteiger charge is 2.27. The van der Waals surface area contributed by atoms with Crippen molar-refractivity contribution in [1.29, 1.82) is 0 Å². The average molecular weight is 378 g/mol. The summed E-state index contributed by atoms with van der Waals surface area (Å²) in [7, 11) is 0. The molecule has 1 unspecified atom stereocenters. The summed E-state index contributed by atoms with van der Waals surface area (Å²) in [6.45, 7) is 0.306. The van der Waals surface area contributed by atoms with Gasteiger partial charge in [-0.25, -0.2) is 0 Å². The van der Waals surface area contributed by atoms with Crippen LogP contribution in [0.4, 0.5) is 5.69 Å². The van der Waals surface area contributed by atoms with Crippen molar-refractivity contribution in [2.24, 2.45) is 0 Å². The van der Waals surface area contributed by atoms with E-state index in [-0.39, 0.29) is 24.4 Å². The molecular weight excluding hydrogens is 361 g/mol. The molecule has 3 rings (SSSR count). The Bertz CT molecular complexity index is 780. The standard InChI is InChI=1S/C18H17Cl2N3O2/c19-13-6-4-12(5-7-13)16-9-18(25)23(11-21-16)10-17(24)22-15-3-1-2-14(20)8-15/h1-8,16,21H,9-11H2,(H,22,24). The molecule has 130 valence electrons. The van der Waals surface area contributed by atoms with E-state index >= 15 is 0 Å². The Morgan fingerprint density at radius 1 is 1.16 bits per heavy atom. The van der Waals surface area contributed by atoms with Gasteiger partial charge in [0.05, 0.1) is 6.67 Å². The van der Waals surface area contributed by atoms with E-state index in [2.05, 4.69) is 10.6 Å². The second-order valence-electron chi connectivity index (χ2n) is 5.82. The van der Waals surface area contributed by atoms with E-state index in [9.17, 15) is 9.59 Å². The van der Waals surface area contributed by atoms with Crippen LogP contribution in [0, 0.1) is 0 Å². The van der Waals surface area contributed by atoms with Crippen LogP contribution < -0.4 is 10.6 Å². The molecule has 2 aromatic rings. The molecule has 1 saturated heterocycles. The van der Waals surface area contributed by atoms with Crippen LogP contribution >= 0.6 is 23.2 Å². The Balaban J connectivity index is 1.55. The third-order valence-corrected chi connectivity index (χ3v) is 4.46. The van der Waals surface area contributed by atoms with Crippen molar-refractivity contribution >= 4 is 40.7 Å². The molecule has 1 aliphatic heterocycles. The molecule has 1 heterocycles. The van der Waals surface area contributed by atoms with Crippen molar-refractivity contribution in [2.75, 3.05) is 18.5 Å². The third-order valence-electron chi connectivity index (χ3n) is 3.98. The van der Waals surface area contributed by atoms with Gasteiger partial charge in [-0.3, -0.25) is 14.9 Å². The number of carbonyl (C=O) groups excluding carboxylic acids is 2. The molecule has 2 amide bonds. The zero-order chi connectivity index (χ0) is 17.8. The first kappa shape index (κ1) is 17.7. The van der Waals surface area contributed by atoms with Crippen molar-refractivity contribution in [1.82, 2.24) is 10.2 Å². The van der Waals surface area contributed by atoms with E-state index in [1.165, 1.54) is 4.90 Å². The van der Waals surface area contributed by atoms with Crippen LogP contribution in [-0.4, -0.2) is 29.9 Å². The minimum absolute atomic E-state index is 0.00825. The van der Waals surface area contributed by atoms with Crippen LogP contribution in [0.3, 0.4) is 0 Å². The number of nitrogens with one attached hydrogen (secondary N) is 2. The van der Waals surface area contributed by atoms with Crippen molar-refractivity contribution < 1.29 is 9.59 Å². The molecule has 0 radical (unpaired) electrons. The number of nitrogens with zero attached hydrogens (tertiary/aromatic N) is 1. The average Bonchev–Trinajstić information content (AvgIpc) is 2.57. The molecule has 0 aliphatic carbocycles. The Hall–Kier alpha value is -2.08. The van der Waals surface area contributed by atoms with Gasteiger partial charge in [-0.05, 0) is 35.9 Å². The number of amides is 2. The molecule has 0 aromatic heterocycles. The Kier molecular flexibility index (Phi) is 5.58. The van der Waals surface area contributed by atoms with Gasteiger partial charge in [0.15, 0.2) is 0 Å². The molecule has 1 fully saturated rings. The van der Waals surface area contributed by atoms with Crippen LogP contribution in [0.5, 0.6) is 0 Å². The number of hydrogen-bond acceptors (Lipinski definition) is 3. The zero-order valence-corrected chi connectivity index (χ0v) is 14.8. The summed E-state index contributed by atoms with van der Waals surface area (Å²) in [6, 6.07) is 14.2. The van der Waals surface area contributed by atoms with E-state index in [1.54, 1.807) is 36.4 Å². The summed E-state index contributed by atoms with van der Waals surface area (Å²) < 4.78 is 0. The predicted octanol–water partition coefficient (Wildman–Crippen LogP) is 3.45. The molecule has 0 saturated carbocycles. The lowest BCUT2D eigenvalue weighted by Gasteiger charge is -2.32. The van der Waals surface area contributed by atoms with Crippen LogP contribution in [0.15, 0.2) is 48.5 Å². The smallest absolute Gasteiger partial charge is 0.244 e. The normalized spacial score (nSPS) is 17.4. The molecule has 1 aliphatic rings. The maximum Gasteiger partial charge on any atom is 0.244 e. The lowest BCUT2D eigenvalue weighted by molar-refractivity contribution is -0.138. The highest BCUT2D eigenvalue weighted by Crippen LogP contribution is 2.23. The molecule has 0 spiro atoms. The molecule has 7 heteroatoms. The third kappa shape index (κ3) is 4.72. The van der Waals surface area contributed by atoms with E-state index in [1.807, 2.05) is 12.1 Å². The molecule has 2 N–H and O–H groups in total. The van der Waals surface area contributed by atoms with Gasteiger partial charge in [0.1, 0.15) is 6.54 Å². The van der Waals surface area contributed by atoms with Gasteiger partial charge in [-0.15, -0.1) is 0 Å². The molecule has 1 atom stereocenters. The van der Waals surface area contributed by atoms with Crippen molar-refractivity contribution in [3.8, 4) is 0 Å². The maximum absolute atomic E-state index is 12.3. The van der Waals surface area contributed by atoms with Gasteiger partial charge in [0.2, 0.25) is 11.8 Å². The Labute approximate surface area is 155 Å². The van der Waals surface area contributed by atoms with E-state index in [0.717, 1.165) is 5.56 Å². The van der Waals surface area contributed by atoms with Gasteiger partial charge in [0, 0.05) is 28.2 Å². The molecule has 2 aromatic carbocycles. The second-order valence-corrected chi connectivity index (χ2v) is 6.69. The highest BCUT2D eigenvalue weighted by atomic mass is 35.5. The van der Waals surface area contributed by atoms with Crippen molar-refractivity contribution in [2.45, 2.75) is 12.5 Å². The van der Waals surface area contributed by atoms with Crippen molar-refractivity contribution in [3.63, 3.8) is 0 Å². The van der Waals surface area contributed by atoms with Gasteiger partial charge in [0.25, 0.3) is 0 Å². The van der Waals surface area contributed by atoms with Gasteiger partial charge in [-0.2, -0.15) is 0 Å². The molecular formula is C18H17Cl2N3O2. The lowest BCUT2D eigenvalue weighted by atomic mass is 10.0. The van der Waals surface area contributed by atoms with Crippen molar-refractivity contribution in [3.05, 3.63) is 64.1 Å². The first-order valence-corrected chi connectivity index (χ1v) is 8.59. The SMILES string of the molecule is O=C(CN1CNC(c2ccc(Cl)cc2)CC1=O)Nc1cccc(Cl)c1. The topological polar surface area (TPSA) is 61.4 Å². The summed E-state index contributed by atoms with van der Waals surface area (Å²) in [6.07, 6.45) is 0.298. The molecule has 0 bridgehead atoms. The zero-order valence-electron chi connectivity index (χ0n) is 13.3. The first-order valence-electron chi connectivity index (χ1n) is 7.83. The Morgan fingerprint density at radius 3 is 2.60 bits per heavy atom. The number of benzene rings is 2. The van der Waals surface area contributed by atoms with Gasteiger partial charge >= 0.3 is 0 Å². The first-order chi connectivity index (χ1) is 12.0. The maximum atomic E-state index is 12.3. The summed E-state index contributed by atoms with van der Waals surface area (Å²) >= 11 is 11.8. The Morgan fingerprint density at radius 2 is 1.92 bits per heavy atom. The van der Waals surface area contributed by atoms with Gasteiger partial charge in [-0.1, -0.05) is 41.4 Å². The fraction of sp³-hybridized carbons (Fsp3) is 0.222. The van der Waals surface area contributed by atoms with Gasteiger partial charge < -0.3 is 10.2 Å². The van der Waals surface area contributed by atoms with E-state index in [4.69, 9.17) is 23.2 Å². The summed E-state index contributed by atoms with van der Waals surface area (Å²) in [5.41, 5.74) is 1.61. The van der Waals surface area contributed by atoms with Crippen LogP contribution in [0.25, 0.3) is 0 Å². The number of halogens is 2. The number of hydrogen-bond donors (Lipinski definition) is 2. The van der Waals surface area contributed by atoms with Crippen LogP contribution in [-0.2, 0) is 9.59 Å². The summed E-state index contributed by atoms with van der Waals surface area (Å²) in [4.78, 5) is 26.0. The fourth-order valence-corrected chi connectivity index (χ4v) is 3.02. The van der Waals surface area contributed by atoms with Crippen LogP contribution in [0.1, 0.15) is 18.0 Å². The monoisotopic (exact) mass is 377 g/mol. The lowest BCUT2D eigenvalue weighted by Crippen LogP contribution is -2.49. The number of carbonyl (C=O) groups is 2. The summed E-state index contributed by atoms with van der Waals surface area (Å²) in [5.74, 6) is -0.331. The second kappa shape index (κ2) is 7.87. The number of rotatable bonds is 4. The molecule has 5 nitrogen and oxygen atoms in total. The van der Waals surface area contributed by atoms with E-state index in [0.29, 0.717) is 28.8 Å². The minimum Gasteiger partial charge on any atom is -0.324 e. The predicted molar refractivity (Wildman–Crippen MR) is 98.6 cm³/mol. The minimum atomic E-state index is -0.262. The largest absolute Gasteiger partial charge is 0.324 e. The number of anilines is 1. The quantitative estimate of drug-likeness (QED) is 0.857. The highest BCUT2D eigenvalue weighted by molar-refractivity contribution is 6.31. The molecule has 25 heavy (non-hydrogen) atoms. The fourth-order valence-electron chi connectivity index (χ4n) is 2.70. The van der Waals surface area contributed by atoms with E-state index < -0.39 is 0 Å². The van der Waals surface area contributed by atoms with Crippen LogP contribution in [0.2, 0.25) is 10.0 Å². The summed E-state index contributed by atoms with van der Waals surface area (Å²) in [5, 5.41) is 7.21.